The van der Waals surface area contributed by atoms with Crippen LogP contribution in [0.2, 0.25) is 0 Å². The monoisotopic (exact) mass is 185 g/mol. The normalized spacial score (nSPS) is 20.4. The van der Waals surface area contributed by atoms with E-state index in [0.29, 0.717) is 12.8 Å². The average molecular weight is 185 g/mol. The van der Waals surface area contributed by atoms with E-state index in [4.69, 9.17) is 4.74 Å². The highest BCUT2D eigenvalue weighted by Crippen LogP contribution is 2.29. The lowest BCUT2D eigenvalue weighted by molar-refractivity contribution is -0.127. The Morgan fingerprint density at radius 2 is 2.00 bits per heavy atom. The molecule has 4 nitrogen and oxygen atoms in total. The molecule has 0 heterocycles. The van der Waals surface area contributed by atoms with E-state index in [9.17, 15) is 9.59 Å². The fourth-order valence-corrected chi connectivity index (χ4v) is 1.63. The van der Waals surface area contributed by atoms with Crippen LogP contribution in [-0.4, -0.2) is 25.0 Å². The van der Waals surface area contributed by atoms with Gasteiger partial charge < -0.3 is 10.1 Å². The van der Waals surface area contributed by atoms with Crippen molar-refractivity contribution in [2.24, 2.45) is 0 Å². The van der Waals surface area contributed by atoms with Crippen molar-refractivity contribution in [3.05, 3.63) is 0 Å². The lowest BCUT2D eigenvalue weighted by Gasteiger charge is -2.31. The number of rotatable bonds is 2. The van der Waals surface area contributed by atoms with Crippen LogP contribution in [0.25, 0.3) is 0 Å². The third-order valence-electron chi connectivity index (χ3n) is 2.41. The summed E-state index contributed by atoms with van der Waals surface area (Å²) in [7, 11) is 1.49. The van der Waals surface area contributed by atoms with E-state index >= 15 is 0 Å². The van der Waals surface area contributed by atoms with Crippen molar-refractivity contribution >= 4 is 12.4 Å². The first-order valence-corrected chi connectivity index (χ1v) is 4.59. The number of carbonyl (C=O) groups is 2. The summed E-state index contributed by atoms with van der Waals surface area (Å²) in [5.41, 5.74) is -0.849. The van der Waals surface area contributed by atoms with Gasteiger partial charge in [0.15, 0.2) is 11.9 Å². The van der Waals surface area contributed by atoms with E-state index in [1.54, 1.807) is 0 Å². The largest absolute Gasteiger partial charge is 0.435 e. The van der Waals surface area contributed by atoms with E-state index in [-0.39, 0.29) is 0 Å². The number of hydrogen-bond acceptors (Lipinski definition) is 3. The molecule has 0 radical (unpaired) electrons. The lowest BCUT2D eigenvalue weighted by atomic mass is 9.86. The van der Waals surface area contributed by atoms with Crippen LogP contribution in [-0.2, 0) is 9.53 Å². The van der Waals surface area contributed by atoms with E-state index < -0.39 is 11.7 Å². The highest BCUT2D eigenvalue weighted by molar-refractivity contribution is 5.73. The molecule has 0 aliphatic heterocycles. The van der Waals surface area contributed by atoms with Gasteiger partial charge in [0.25, 0.3) is 0 Å². The van der Waals surface area contributed by atoms with Crippen LogP contribution in [0.4, 0.5) is 4.79 Å². The number of alkyl carbamates (subject to hydrolysis) is 1. The van der Waals surface area contributed by atoms with Gasteiger partial charge in [-0.15, -0.1) is 0 Å². The van der Waals surface area contributed by atoms with Crippen LogP contribution in [0.1, 0.15) is 32.1 Å². The molecule has 0 aromatic heterocycles. The van der Waals surface area contributed by atoms with Crippen molar-refractivity contribution < 1.29 is 14.3 Å². The summed E-state index contributed by atoms with van der Waals surface area (Å²) in [5, 5.41) is 2.35. The van der Waals surface area contributed by atoms with Crippen molar-refractivity contribution in [2.45, 2.75) is 37.7 Å². The second kappa shape index (κ2) is 4.25. The molecule has 0 bridgehead atoms. The highest BCUT2D eigenvalue weighted by Gasteiger charge is 2.35. The molecule has 1 saturated carbocycles. The summed E-state index contributed by atoms with van der Waals surface area (Å²) in [4.78, 5) is 21.8. The van der Waals surface area contributed by atoms with Gasteiger partial charge in [0.2, 0.25) is 0 Å². The molecule has 0 aromatic rings. The maximum atomic E-state index is 11.0. The average Bonchev–Trinajstić information content (AvgIpc) is 2.19. The molecule has 74 valence electrons. The molecular weight excluding hydrogens is 170 g/mol. The zero-order valence-electron chi connectivity index (χ0n) is 7.84. The molecule has 0 unspecified atom stereocenters. The Balaban J connectivity index is 2.57. The van der Waals surface area contributed by atoms with Crippen LogP contribution < -0.4 is 5.32 Å². The first-order valence-electron chi connectivity index (χ1n) is 4.59. The summed E-state index contributed by atoms with van der Waals surface area (Å²) in [6.45, 7) is 0. The third-order valence-corrected chi connectivity index (χ3v) is 2.41. The predicted octanol–water partition coefficient (Wildman–Crippen LogP) is 1.24. The SMILES string of the molecule is CNC(=O)OC1(C=O)CCCCC1. The van der Waals surface area contributed by atoms with Gasteiger partial charge in [0.05, 0.1) is 0 Å². The molecule has 13 heavy (non-hydrogen) atoms. The summed E-state index contributed by atoms with van der Waals surface area (Å²) in [6, 6.07) is 0. The maximum absolute atomic E-state index is 11.0. The van der Waals surface area contributed by atoms with Gasteiger partial charge in [-0.1, -0.05) is 6.42 Å². The first-order chi connectivity index (χ1) is 6.22. The van der Waals surface area contributed by atoms with Crippen molar-refractivity contribution in [3.63, 3.8) is 0 Å². The zero-order valence-corrected chi connectivity index (χ0v) is 7.84. The van der Waals surface area contributed by atoms with Gasteiger partial charge >= 0.3 is 6.09 Å². The fraction of sp³-hybridized carbons (Fsp3) is 0.778. The fourth-order valence-electron chi connectivity index (χ4n) is 1.63. The Hall–Kier alpha value is -1.06. The van der Waals surface area contributed by atoms with Crippen LogP contribution in [0, 0.1) is 0 Å². The summed E-state index contributed by atoms with van der Waals surface area (Å²) in [6.07, 6.45) is 4.59. The summed E-state index contributed by atoms with van der Waals surface area (Å²) in [5.74, 6) is 0. The molecule has 1 aliphatic carbocycles. The number of amides is 1. The van der Waals surface area contributed by atoms with E-state index in [1.165, 1.54) is 7.05 Å². The molecule has 1 fully saturated rings. The van der Waals surface area contributed by atoms with Gasteiger partial charge in [0.1, 0.15) is 0 Å². The van der Waals surface area contributed by atoms with Gasteiger partial charge in [-0.2, -0.15) is 0 Å². The van der Waals surface area contributed by atoms with Gasteiger partial charge in [-0.05, 0) is 25.7 Å². The second-order valence-corrected chi connectivity index (χ2v) is 3.38. The Bertz CT molecular complexity index is 197. The molecule has 0 atom stereocenters. The lowest BCUT2D eigenvalue weighted by Crippen LogP contribution is -2.41. The van der Waals surface area contributed by atoms with Crippen LogP contribution in [0.5, 0.6) is 0 Å². The number of carbonyl (C=O) groups excluding carboxylic acids is 2. The molecule has 1 aliphatic rings. The van der Waals surface area contributed by atoms with Gasteiger partial charge in [0, 0.05) is 7.05 Å². The topological polar surface area (TPSA) is 55.4 Å². The number of nitrogens with one attached hydrogen (secondary N) is 1. The molecular formula is C9H15NO3. The van der Waals surface area contributed by atoms with Gasteiger partial charge in [-0.3, -0.25) is 4.79 Å². The quantitative estimate of drug-likeness (QED) is 0.658. The van der Waals surface area contributed by atoms with E-state index in [1.807, 2.05) is 0 Å². The molecule has 0 spiro atoms. The number of ether oxygens (including phenoxy) is 1. The highest BCUT2D eigenvalue weighted by atomic mass is 16.6. The first kappa shape index (κ1) is 10.0. The molecule has 0 saturated heterocycles. The van der Waals surface area contributed by atoms with Crippen molar-refractivity contribution in [1.82, 2.24) is 5.32 Å². The Morgan fingerprint density at radius 3 is 2.46 bits per heavy atom. The number of hydrogen-bond donors (Lipinski definition) is 1. The second-order valence-electron chi connectivity index (χ2n) is 3.38. The Labute approximate surface area is 77.6 Å². The van der Waals surface area contributed by atoms with Crippen molar-refractivity contribution in [3.8, 4) is 0 Å². The van der Waals surface area contributed by atoms with E-state index in [0.717, 1.165) is 25.5 Å². The zero-order chi connectivity index (χ0) is 9.73. The Morgan fingerprint density at radius 1 is 1.38 bits per heavy atom. The molecule has 1 N–H and O–H groups in total. The molecule has 1 amide bonds. The maximum Gasteiger partial charge on any atom is 0.407 e. The minimum atomic E-state index is -0.849. The molecule has 4 heteroatoms. The standard InChI is InChI=1S/C9H15NO3/c1-10-8(12)13-9(7-11)5-3-2-4-6-9/h7H,2-6H2,1H3,(H,10,12). The van der Waals surface area contributed by atoms with E-state index in [2.05, 4.69) is 5.32 Å². The molecule has 1 rings (SSSR count). The van der Waals surface area contributed by atoms with Crippen LogP contribution in [0.3, 0.4) is 0 Å². The summed E-state index contributed by atoms with van der Waals surface area (Å²) < 4.78 is 5.06. The predicted molar refractivity (Wildman–Crippen MR) is 47.4 cm³/mol. The van der Waals surface area contributed by atoms with Crippen LogP contribution >= 0.6 is 0 Å². The van der Waals surface area contributed by atoms with Crippen molar-refractivity contribution in [2.75, 3.05) is 7.05 Å². The minimum Gasteiger partial charge on any atom is -0.435 e. The van der Waals surface area contributed by atoms with Gasteiger partial charge in [-0.25, -0.2) is 4.79 Å². The number of aldehydes is 1. The smallest absolute Gasteiger partial charge is 0.407 e. The minimum absolute atomic E-state index is 0.519. The van der Waals surface area contributed by atoms with Crippen LogP contribution in [0.15, 0.2) is 0 Å². The van der Waals surface area contributed by atoms with Crippen molar-refractivity contribution in [1.29, 1.82) is 0 Å². The summed E-state index contributed by atoms with van der Waals surface area (Å²) >= 11 is 0. The molecule has 0 aromatic carbocycles. The third kappa shape index (κ3) is 2.44. The Kier molecular flexibility index (Phi) is 3.28.